The van der Waals surface area contributed by atoms with E-state index >= 15 is 0 Å². The van der Waals surface area contributed by atoms with Crippen LogP contribution in [-0.2, 0) is 9.59 Å². The summed E-state index contributed by atoms with van der Waals surface area (Å²) in [7, 11) is 3.12. The van der Waals surface area contributed by atoms with Gasteiger partial charge in [0.1, 0.15) is 5.60 Å². The van der Waals surface area contributed by atoms with Crippen LogP contribution in [0.15, 0.2) is 0 Å². The summed E-state index contributed by atoms with van der Waals surface area (Å²) in [4.78, 5) is 24.1. The van der Waals surface area contributed by atoms with E-state index in [4.69, 9.17) is 0 Å². The SMILES string of the molecule is CNC(=O)C(C)CN(C)C(=O)C(C)(C)O. The van der Waals surface area contributed by atoms with Crippen LogP contribution in [-0.4, -0.2) is 48.1 Å². The average Bonchev–Trinajstić information content (AvgIpc) is 2.13. The molecule has 0 aromatic rings. The van der Waals surface area contributed by atoms with Crippen molar-refractivity contribution in [3.05, 3.63) is 0 Å². The van der Waals surface area contributed by atoms with Gasteiger partial charge in [-0.3, -0.25) is 9.59 Å². The third-order valence-corrected chi connectivity index (χ3v) is 2.11. The number of likely N-dealkylation sites (N-methyl/N-ethyl adjacent to an activating group) is 1. The van der Waals surface area contributed by atoms with Gasteiger partial charge >= 0.3 is 0 Å². The zero-order valence-corrected chi connectivity index (χ0v) is 10.00. The van der Waals surface area contributed by atoms with E-state index in [0.29, 0.717) is 6.54 Å². The quantitative estimate of drug-likeness (QED) is 0.671. The summed E-state index contributed by atoms with van der Waals surface area (Å²) in [5.41, 5.74) is -1.39. The van der Waals surface area contributed by atoms with Gasteiger partial charge < -0.3 is 15.3 Å². The lowest BCUT2D eigenvalue weighted by molar-refractivity contribution is -0.147. The molecule has 0 aliphatic heterocycles. The molecule has 0 radical (unpaired) electrons. The Bertz CT molecular complexity index is 246. The highest BCUT2D eigenvalue weighted by Gasteiger charge is 2.28. The number of nitrogens with one attached hydrogen (secondary N) is 1. The second-order valence-electron chi connectivity index (χ2n) is 4.26. The summed E-state index contributed by atoms with van der Waals surface area (Å²) in [6.45, 7) is 4.88. The van der Waals surface area contributed by atoms with Gasteiger partial charge in [0.25, 0.3) is 5.91 Å². The number of carbonyl (C=O) groups excluding carboxylic acids is 2. The molecule has 0 aliphatic carbocycles. The van der Waals surface area contributed by atoms with Crippen LogP contribution >= 0.6 is 0 Å². The number of hydrogen-bond donors (Lipinski definition) is 2. The van der Waals surface area contributed by atoms with E-state index in [1.807, 2.05) is 0 Å². The van der Waals surface area contributed by atoms with E-state index in [2.05, 4.69) is 5.32 Å². The van der Waals surface area contributed by atoms with Gasteiger partial charge in [-0.15, -0.1) is 0 Å². The number of amides is 2. The normalized spacial score (nSPS) is 13.2. The first-order valence-electron chi connectivity index (χ1n) is 4.89. The molecule has 5 nitrogen and oxygen atoms in total. The fraction of sp³-hybridized carbons (Fsp3) is 0.800. The summed E-state index contributed by atoms with van der Waals surface area (Å²) in [6, 6.07) is 0. The van der Waals surface area contributed by atoms with E-state index in [1.165, 1.54) is 18.7 Å². The molecule has 0 saturated carbocycles. The highest BCUT2D eigenvalue weighted by atomic mass is 16.3. The Balaban J connectivity index is 4.32. The van der Waals surface area contributed by atoms with E-state index in [1.54, 1.807) is 21.0 Å². The Labute approximate surface area is 90.5 Å². The molecular formula is C10H20N2O3. The van der Waals surface area contributed by atoms with Crippen molar-refractivity contribution in [2.75, 3.05) is 20.6 Å². The molecule has 5 heteroatoms. The molecule has 0 bridgehead atoms. The molecule has 0 aliphatic rings. The van der Waals surface area contributed by atoms with Gasteiger partial charge in [-0.1, -0.05) is 6.92 Å². The molecular weight excluding hydrogens is 196 g/mol. The topological polar surface area (TPSA) is 69.6 Å². The molecule has 0 aromatic carbocycles. The smallest absolute Gasteiger partial charge is 0.253 e. The minimum absolute atomic E-state index is 0.120. The van der Waals surface area contributed by atoms with Crippen molar-refractivity contribution in [3.8, 4) is 0 Å². The van der Waals surface area contributed by atoms with Gasteiger partial charge in [0.2, 0.25) is 5.91 Å². The molecule has 0 fully saturated rings. The van der Waals surface area contributed by atoms with E-state index in [0.717, 1.165) is 0 Å². The number of nitrogens with zero attached hydrogens (tertiary/aromatic N) is 1. The maximum Gasteiger partial charge on any atom is 0.253 e. The standard InChI is InChI=1S/C10H20N2O3/c1-7(8(13)11-4)6-12(5)9(14)10(2,3)15/h7,15H,6H2,1-5H3,(H,11,13). The van der Waals surface area contributed by atoms with Crippen LogP contribution in [0.25, 0.3) is 0 Å². The van der Waals surface area contributed by atoms with Crippen LogP contribution in [0.5, 0.6) is 0 Å². The lowest BCUT2D eigenvalue weighted by Crippen LogP contribution is -2.46. The Morgan fingerprint density at radius 2 is 1.93 bits per heavy atom. The highest BCUT2D eigenvalue weighted by Crippen LogP contribution is 2.08. The maximum absolute atomic E-state index is 11.6. The minimum Gasteiger partial charge on any atom is -0.381 e. The summed E-state index contributed by atoms with van der Waals surface area (Å²) in [5.74, 6) is -0.796. The monoisotopic (exact) mass is 216 g/mol. The lowest BCUT2D eigenvalue weighted by Gasteiger charge is -2.26. The van der Waals surface area contributed by atoms with Crippen molar-refractivity contribution in [2.45, 2.75) is 26.4 Å². The van der Waals surface area contributed by atoms with Gasteiger partial charge in [-0.05, 0) is 13.8 Å². The van der Waals surface area contributed by atoms with E-state index < -0.39 is 11.5 Å². The van der Waals surface area contributed by atoms with Crippen LogP contribution in [0.1, 0.15) is 20.8 Å². The van der Waals surface area contributed by atoms with Crippen LogP contribution in [0.4, 0.5) is 0 Å². The first-order valence-corrected chi connectivity index (χ1v) is 4.89. The average molecular weight is 216 g/mol. The molecule has 0 saturated heterocycles. The predicted octanol–water partition coefficient (Wildman–Crippen LogP) is -0.402. The molecule has 1 atom stereocenters. The van der Waals surface area contributed by atoms with Crippen LogP contribution in [0, 0.1) is 5.92 Å². The first-order chi connectivity index (χ1) is 6.70. The van der Waals surface area contributed by atoms with Crippen LogP contribution < -0.4 is 5.32 Å². The maximum atomic E-state index is 11.6. The molecule has 0 aromatic heterocycles. The molecule has 0 rings (SSSR count). The Hall–Kier alpha value is -1.10. The Morgan fingerprint density at radius 1 is 1.47 bits per heavy atom. The molecule has 15 heavy (non-hydrogen) atoms. The predicted molar refractivity (Wildman–Crippen MR) is 57.2 cm³/mol. The third-order valence-electron chi connectivity index (χ3n) is 2.11. The number of aliphatic hydroxyl groups is 1. The van der Waals surface area contributed by atoms with Crippen molar-refractivity contribution in [1.29, 1.82) is 0 Å². The van der Waals surface area contributed by atoms with E-state index in [-0.39, 0.29) is 11.8 Å². The Morgan fingerprint density at radius 3 is 2.27 bits per heavy atom. The molecule has 2 N–H and O–H groups in total. The summed E-state index contributed by atoms with van der Waals surface area (Å²) in [6.07, 6.45) is 0. The van der Waals surface area contributed by atoms with Crippen molar-refractivity contribution in [3.63, 3.8) is 0 Å². The van der Waals surface area contributed by atoms with Crippen LogP contribution in [0.2, 0.25) is 0 Å². The summed E-state index contributed by atoms with van der Waals surface area (Å²) in [5, 5.41) is 12.0. The summed E-state index contributed by atoms with van der Waals surface area (Å²) < 4.78 is 0. The third kappa shape index (κ3) is 4.29. The van der Waals surface area contributed by atoms with Crippen molar-refractivity contribution >= 4 is 11.8 Å². The zero-order chi connectivity index (χ0) is 12.2. The molecule has 88 valence electrons. The van der Waals surface area contributed by atoms with Crippen molar-refractivity contribution in [2.24, 2.45) is 5.92 Å². The fourth-order valence-electron chi connectivity index (χ4n) is 1.29. The molecule has 2 amide bonds. The lowest BCUT2D eigenvalue weighted by atomic mass is 10.1. The van der Waals surface area contributed by atoms with Gasteiger partial charge in [0.15, 0.2) is 0 Å². The molecule has 1 unspecified atom stereocenters. The number of carbonyl (C=O) groups is 2. The largest absolute Gasteiger partial charge is 0.381 e. The van der Waals surface area contributed by atoms with Gasteiger partial charge in [0, 0.05) is 20.6 Å². The van der Waals surface area contributed by atoms with E-state index in [9.17, 15) is 14.7 Å². The van der Waals surface area contributed by atoms with Crippen molar-refractivity contribution < 1.29 is 14.7 Å². The zero-order valence-electron chi connectivity index (χ0n) is 10.00. The van der Waals surface area contributed by atoms with Gasteiger partial charge in [0.05, 0.1) is 5.92 Å². The summed E-state index contributed by atoms with van der Waals surface area (Å²) >= 11 is 0. The second kappa shape index (κ2) is 5.11. The first kappa shape index (κ1) is 13.9. The molecule has 0 heterocycles. The number of rotatable bonds is 4. The van der Waals surface area contributed by atoms with Gasteiger partial charge in [-0.25, -0.2) is 0 Å². The Kier molecular flexibility index (Phi) is 4.74. The van der Waals surface area contributed by atoms with Crippen LogP contribution in [0.3, 0.4) is 0 Å². The highest BCUT2D eigenvalue weighted by molar-refractivity contribution is 5.85. The number of hydrogen-bond acceptors (Lipinski definition) is 3. The second-order valence-corrected chi connectivity index (χ2v) is 4.26. The van der Waals surface area contributed by atoms with Crippen molar-refractivity contribution in [1.82, 2.24) is 10.2 Å². The molecule has 0 spiro atoms. The minimum atomic E-state index is -1.39. The van der Waals surface area contributed by atoms with Gasteiger partial charge in [-0.2, -0.15) is 0 Å². The fourth-order valence-corrected chi connectivity index (χ4v) is 1.29.